The van der Waals surface area contributed by atoms with E-state index in [9.17, 15) is 9.90 Å². The van der Waals surface area contributed by atoms with Crippen molar-refractivity contribution < 1.29 is 14.6 Å². The van der Waals surface area contributed by atoms with Crippen molar-refractivity contribution >= 4 is 21.8 Å². The summed E-state index contributed by atoms with van der Waals surface area (Å²) in [5.41, 5.74) is 0.651. The molecule has 0 heterocycles. The first-order valence-electron chi connectivity index (χ1n) is 6.25. The second-order valence-corrected chi connectivity index (χ2v) is 5.70. The third-order valence-corrected chi connectivity index (χ3v) is 3.02. The van der Waals surface area contributed by atoms with Crippen LogP contribution in [-0.4, -0.2) is 23.2 Å². The number of ether oxygens (including phenoxy) is 1. The van der Waals surface area contributed by atoms with E-state index in [2.05, 4.69) is 21.2 Å². The standard InChI is InChI=1S/C14H20BrNO3/c1-8(2)16-14(18)10(4)19-13-6-5-11(15)7-12(13)9(3)17/h5-10,17H,1-4H3,(H,16,18). The van der Waals surface area contributed by atoms with Gasteiger partial charge in [0.05, 0.1) is 6.10 Å². The Morgan fingerprint density at radius 1 is 1.32 bits per heavy atom. The first-order valence-corrected chi connectivity index (χ1v) is 7.05. The van der Waals surface area contributed by atoms with E-state index in [4.69, 9.17) is 4.74 Å². The second-order valence-electron chi connectivity index (χ2n) is 4.78. The van der Waals surface area contributed by atoms with Gasteiger partial charge >= 0.3 is 0 Å². The number of carbonyl (C=O) groups excluding carboxylic acids is 1. The van der Waals surface area contributed by atoms with E-state index in [1.165, 1.54) is 0 Å². The Labute approximate surface area is 122 Å². The van der Waals surface area contributed by atoms with Crippen LogP contribution in [0.4, 0.5) is 0 Å². The van der Waals surface area contributed by atoms with Crippen LogP contribution in [0.2, 0.25) is 0 Å². The number of benzene rings is 1. The Morgan fingerprint density at radius 3 is 2.47 bits per heavy atom. The highest BCUT2D eigenvalue weighted by Gasteiger charge is 2.18. The summed E-state index contributed by atoms with van der Waals surface area (Å²) in [6.45, 7) is 7.13. The minimum absolute atomic E-state index is 0.0692. The van der Waals surface area contributed by atoms with Crippen LogP contribution in [0.25, 0.3) is 0 Å². The molecule has 0 bridgehead atoms. The normalized spacial score (nSPS) is 14.1. The van der Waals surface area contributed by atoms with Crippen LogP contribution in [-0.2, 0) is 4.79 Å². The first kappa shape index (κ1) is 16.0. The predicted molar refractivity (Wildman–Crippen MR) is 78.1 cm³/mol. The van der Waals surface area contributed by atoms with Crippen LogP contribution in [0.1, 0.15) is 39.4 Å². The Bertz CT molecular complexity index is 446. The van der Waals surface area contributed by atoms with Gasteiger partial charge in [-0.3, -0.25) is 4.79 Å². The minimum atomic E-state index is -0.659. The highest BCUT2D eigenvalue weighted by molar-refractivity contribution is 9.10. The Morgan fingerprint density at radius 2 is 1.95 bits per heavy atom. The van der Waals surface area contributed by atoms with Crippen LogP contribution < -0.4 is 10.1 Å². The van der Waals surface area contributed by atoms with Gasteiger partial charge in [0.1, 0.15) is 5.75 Å². The maximum Gasteiger partial charge on any atom is 0.260 e. The SMILES string of the molecule is CC(C)NC(=O)C(C)Oc1ccc(Br)cc1C(C)O. The van der Waals surface area contributed by atoms with Gasteiger partial charge in [-0.15, -0.1) is 0 Å². The highest BCUT2D eigenvalue weighted by Crippen LogP contribution is 2.29. The molecule has 0 fully saturated rings. The molecular formula is C14H20BrNO3. The molecule has 0 aromatic heterocycles. The molecule has 0 saturated carbocycles. The van der Waals surface area contributed by atoms with Crippen molar-refractivity contribution in [1.29, 1.82) is 0 Å². The molecule has 1 aromatic carbocycles. The zero-order valence-electron chi connectivity index (χ0n) is 11.6. The molecule has 0 saturated heterocycles. The number of amides is 1. The topological polar surface area (TPSA) is 58.6 Å². The summed E-state index contributed by atoms with van der Waals surface area (Å²) >= 11 is 3.35. The monoisotopic (exact) mass is 329 g/mol. The minimum Gasteiger partial charge on any atom is -0.481 e. The third kappa shape index (κ3) is 4.84. The van der Waals surface area contributed by atoms with E-state index in [1.54, 1.807) is 26.0 Å². The van der Waals surface area contributed by atoms with Gasteiger partial charge in [0.2, 0.25) is 0 Å². The molecule has 0 spiro atoms. The van der Waals surface area contributed by atoms with Crippen LogP contribution >= 0.6 is 15.9 Å². The molecule has 2 atom stereocenters. The third-order valence-electron chi connectivity index (χ3n) is 2.53. The van der Waals surface area contributed by atoms with Crippen molar-refractivity contribution in [3.8, 4) is 5.75 Å². The first-order chi connectivity index (χ1) is 8.81. The maximum atomic E-state index is 11.8. The highest BCUT2D eigenvalue weighted by atomic mass is 79.9. The van der Waals surface area contributed by atoms with E-state index in [1.807, 2.05) is 19.9 Å². The summed E-state index contributed by atoms with van der Waals surface area (Å²) in [5.74, 6) is 0.346. The van der Waals surface area contributed by atoms with Gasteiger partial charge in [0, 0.05) is 16.1 Å². The van der Waals surface area contributed by atoms with E-state index in [0.29, 0.717) is 11.3 Å². The van der Waals surface area contributed by atoms with Gasteiger partial charge in [0.15, 0.2) is 6.10 Å². The average Bonchev–Trinajstić information content (AvgIpc) is 2.30. The van der Waals surface area contributed by atoms with Crippen molar-refractivity contribution in [3.05, 3.63) is 28.2 Å². The lowest BCUT2D eigenvalue weighted by molar-refractivity contribution is -0.127. The lowest BCUT2D eigenvalue weighted by Gasteiger charge is -2.19. The predicted octanol–water partition coefficient (Wildman–Crippen LogP) is 2.79. The fraction of sp³-hybridized carbons (Fsp3) is 0.500. The Kier molecular flexibility index (Phi) is 5.82. The zero-order chi connectivity index (χ0) is 14.6. The molecule has 4 nitrogen and oxygen atoms in total. The molecule has 0 aliphatic rings. The lowest BCUT2D eigenvalue weighted by atomic mass is 10.1. The lowest BCUT2D eigenvalue weighted by Crippen LogP contribution is -2.40. The number of hydrogen-bond donors (Lipinski definition) is 2. The molecule has 106 valence electrons. The summed E-state index contributed by atoms with van der Waals surface area (Å²) in [4.78, 5) is 11.8. The van der Waals surface area contributed by atoms with Crippen LogP contribution in [0.3, 0.4) is 0 Å². The van der Waals surface area contributed by atoms with Crippen LogP contribution in [0.5, 0.6) is 5.75 Å². The fourth-order valence-electron chi connectivity index (χ4n) is 1.60. The van der Waals surface area contributed by atoms with E-state index < -0.39 is 12.2 Å². The van der Waals surface area contributed by atoms with E-state index in [-0.39, 0.29) is 11.9 Å². The van der Waals surface area contributed by atoms with Gasteiger partial charge in [-0.2, -0.15) is 0 Å². The smallest absolute Gasteiger partial charge is 0.260 e. The number of halogens is 1. The van der Waals surface area contributed by atoms with Gasteiger partial charge < -0.3 is 15.2 Å². The average molecular weight is 330 g/mol. The molecule has 1 aromatic rings. The molecule has 0 radical (unpaired) electrons. The Hall–Kier alpha value is -1.07. The van der Waals surface area contributed by atoms with Crippen molar-refractivity contribution in [3.63, 3.8) is 0 Å². The van der Waals surface area contributed by atoms with E-state index >= 15 is 0 Å². The number of aliphatic hydroxyl groups excluding tert-OH is 1. The summed E-state index contributed by atoms with van der Waals surface area (Å²) in [6, 6.07) is 5.41. The molecule has 5 heteroatoms. The quantitative estimate of drug-likeness (QED) is 0.873. The summed E-state index contributed by atoms with van der Waals surface area (Å²) < 4.78 is 6.49. The largest absolute Gasteiger partial charge is 0.481 e. The van der Waals surface area contributed by atoms with Gasteiger partial charge in [0.25, 0.3) is 5.91 Å². The molecule has 1 amide bonds. The number of hydrogen-bond acceptors (Lipinski definition) is 3. The number of aliphatic hydroxyl groups is 1. The summed E-state index contributed by atoms with van der Waals surface area (Å²) in [7, 11) is 0. The molecule has 0 aliphatic heterocycles. The van der Waals surface area contributed by atoms with E-state index in [0.717, 1.165) is 4.47 Å². The van der Waals surface area contributed by atoms with Gasteiger partial charge in [-0.25, -0.2) is 0 Å². The van der Waals surface area contributed by atoms with Crippen molar-refractivity contribution in [2.45, 2.75) is 45.9 Å². The van der Waals surface area contributed by atoms with Gasteiger partial charge in [-0.1, -0.05) is 15.9 Å². The number of rotatable bonds is 5. The molecule has 19 heavy (non-hydrogen) atoms. The molecule has 1 rings (SSSR count). The molecule has 2 unspecified atom stereocenters. The fourth-order valence-corrected chi connectivity index (χ4v) is 1.98. The summed E-state index contributed by atoms with van der Waals surface area (Å²) in [5, 5.41) is 12.5. The maximum absolute atomic E-state index is 11.8. The zero-order valence-corrected chi connectivity index (χ0v) is 13.2. The summed E-state index contributed by atoms with van der Waals surface area (Å²) in [6.07, 6.45) is -1.27. The van der Waals surface area contributed by atoms with Crippen LogP contribution in [0, 0.1) is 0 Å². The van der Waals surface area contributed by atoms with Crippen LogP contribution in [0.15, 0.2) is 22.7 Å². The van der Waals surface area contributed by atoms with Gasteiger partial charge in [-0.05, 0) is 45.9 Å². The van der Waals surface area contributed by atoms with Crippen molar-refractivity contribution in [2.75, 3.05) is 0 Å². The van der Waals surface area contributed by atoms with Crippen molar-refractivity contribution in [2.24, 2.45) is 0 Å². The second kappa shape index (κ2) is 6.91. The molecule has 2 N–H and O–H groups in total. The van der Waals surface area contributed by atoms with Crippen molar-refractivity contribution in [1.82, 2.24) is 5.32 Å². The molecular weight excluding hydrogens is 310 g/mol. The number of carbonyl (C=O) groups is 1. The Balaban J connectivity index is 2.84. The number of nitrogens with one attached hydrogen (secondary N) is 1. The molecule has 0 aliphatic carbocycles.